The predicted molar refractivity (Wildman–Crippen MR) is 104 cm³/mol. The maximum Gasteiger partial charge on any atom is 0.433 e. The van der Waals surface area contributed by atoms with E-state index in [1.165, 1.54) is 16.6 Å². The Morgan fingerprint density at radius 1 is 1.10 bits per heavy atom. The van der Waals surface area contributed by atoms with Crippen molar-refractivity contribution >= 4 is 28.8 Å². The summed E-state index contributed by atoms with van der Waals surface area (Å²) in [7, 11) is 0. The van der Waals surface area contributed by atoms with Crippen LogP contribution in [0.5, 0.6) is 0 Å². The van der Waals surface area contributed by atoms with E-state index < -0.39 is 17.4 Å². The molecule has 0 aliphatic rings. The van der Waals surface area contributed by atoms with Gasteiger partial charge in [0.15, 0.2) is 5.65 Å². The van der Waals surface area contributed by atoms with Crippen molar-refractivity contribution in [3.8, 4) is 22.4 Å². The summed E-state index contributed by atoms with van der Waals surface area (Å²) in [5, 5.41) is 3.76. The molecule has 0 fully saturated rings. The van der Waals surface area contributed by atoms with Gasteiger partial charge in [-0.15, -0.1) is 0 Å². The number of pyridine rings is 1. The second kappa shape index (κ2) is 6.89. The molecular weight excluding hydrogens is 428 g/mol. The van der Waals surface area contributed by atoms with Crippen LogP contribution in [-0.4, -0.2) is 19.6 Å². The molecular formula is C19H11Cl2F3N4O. The summed E-state index contributed by atoms with van der Waals surface area (Å²) in [6.45, 7) is 1.76. The Morgan fingerprint density at radius 3 is 2.48 bits per heavy atom. The van der Waals surface area contributed by atoms with E-state index in [2.05, 4.69) is 15.1 Å². The molecule has 0 unspecified atom stereocenters. The monoisotopic (exact) mass is 438 g/mol. The normalized spacial score (nSPS) is 11.9. The summed E-state index contributed by atoms with van der Waals surface area (Å²) >= 11 is 12.3. The standard InChI is InChI=1S/C19H11Cl2F3N4O/c1-9-17(12-4-3-11(20)6-13(12)21)18-26-14(7-16(29)28(18)27-9)10-2-5-15(25-8-10)19(22,23)24/h2-8,27H,1H3. The third kappa shape index (κ3) is 3.49. The van der Waals surface area contributed by atoms with Crippen molar-refractivity contribution in [2.45, 2.75) is 13.1 Å². The summed E-state index contributed by atoms with van der Waals surface area (Å²) in [5.41, 5.74) is 1.16. The molecule has 4 rings (SSSR count). The van der Waals surface area contributed by atoms with E-state index in [1.807, 2.05) is 0 Å². The van der Waals surface area contributed by atoms with E-state index in [-0.39, 0.29) is 16.9 Å². The number of nitrogens with zero attached hydrogens (tertiary/aromatic N) is 3. The summed E-state index contributed by atoms with van der Waals surface area (Å²) in [6, 6.07) is 8.23. The lowest BCUT2D eigenvalue weighted by atomic mass is 10.1. The molecule has 0 saturated carbocycles. The van der Waals surface area contributed by atoms with Gasteiger partial charge in [0.25, 0.3) is 5.56 Å². The van der Waals surface area contributed by atoms with Crippen LogP contribution in [0, 0.1) is 6.92 Å². The molecule has 0 saturated heterocycles. The zero-order valence-electron chi connectivity index (χ0n) is 14.7. The number of aryl methyl sites for hydroxylation is 1. The zero-order valence-corrected chi connectivity index (χ0v) is 16.2. The zero-order chi connectivity index (χ0) is 20.9. The molecule has 148 valence electrons. The molecule has 5 nitrogen and oxygen atoms in total. The number of aromatic nitrogens is 4. The minimum absolute atomic E-state index is 0.196. The highest BCUT2D eigenvalue weighted by molar-refractivity contribution is 6.36. The summed E-state index contributed by atoms with van der Waals surface area (Å²) in [6.07, 6.45) is -3.51. The fraction of sp³-hybridized carbons (Fsp3) is 0.105. The number of halogens is 5. The fourth-order valence-corrected chi connectivity index (χ4v) is 3.53. The highest BCUT2D eigenvalue weighted by Gasteiger charge is 2.32. The van der Waals surface area contributed by atoms with Gasteiger partial charge in [-0.3, -0.25) is 14.9 Å². The molecule has 29 heavy (non-hydrogen) atoms. The largest absolute Gasteiger partial charge is 0.433 e. The SMILES string of the molecule is Cc1[nH]n2c(=O)cc(-c3ccc(C(F)(F)F)nc3)nc2c1-c1ccc(Cl)cc1Cl. The van der Waals surface area contributed by atoms with Crippen molar-refractivity contribution in [2.75, 3.05) is 0 Å². The quantitative estimate of drug-likeness (QED) is 0.456. The van der Waals surface area contributed by atoms with E-state index in [1.54, 1.807) is 25.1 Å². The van der Waals surface area contributed by atoms with E-state index in [0.717, 1.165) is 12.3 Å². The second-order valence-corrected chi connectivity index (χ2v) is 7.15. The number of alkyl halides is 3. The Labute approximate surface area is 171 Å². The fourth-order valence-electron chi connectivity index (χ4n) is 3.02. The predicted octanol–water partition coefficient (Wildman–Crippen LogP) is 5.39. The number of rotatable bonds is 2. The van der Waals surface area contributed by atoms with Crippen molar-refractivity contribution in [3.63, 3.8) is 0 Å². The lowest BCUT2D eigenvalue weighted by Gasteiger charge is -2.07. The van der Waals surface area contributed by atoms with Crippen LogP contribution in [0.3, 0.4) is 0 Å². The molecule has 3 aromatic heterocycles. The molecule has 0 spiro atoms. The summed E-state index contributed by atoms with van der Waals surface area (Å²) in [5.74, 6) is 0. The van der Waals surface area contributed by atoms with Gasteiger partial charge in [0.2, 0.25) is 0 Å². The Kier molecular flexibility index (Phi) is 4.63. The van der Waals surface area contributed by atoms with Crippen molar-refractivity contribution in [3.05, 3.63) is 74.4 Å². The van der Waals surface area contributed by atoms with Gasteiger partial charge in [-0.1, -0.05) is 29.3 Å². The lowest BCUT2D eigenvalue weighted by Crippen LogP contribution is -2.14. The molecule has 0 aliphatic carbocycles. The highest BCUT2D eigenvalue weighted by Crippen LogP contribution is 2.35. The number of H-pyrrole nitrogens is 1. The van der Waals surface area contributed by atoms with E-state index in [4.69, 9.17) is 23.2 Å². The molecule has 0 atom stereocenters. The van der Waals surface area contributed by atoms with Crippen molar-refractivity contribution in [1.29, 1.82) is 0 Å². The van der Waals surface area contributed by atoms with Crippen LogP contribution < -0.4 is 5.56 Å². The lowest BCUT2D eigenvalue weighted by molar-refractivity contribution is -0.141. The third-order valence-electron chi connectivity index (χ3n) is 4.35. The molecule has 0 aliphatic heterocycles. The molecule has 0 amide bonds. The number of benzene rings is 1. The number of hydrogen-bond donors (Lipinski definition) is 1. The first-order chi connectivity index (χ1) is 13.6. The van der Waals surface area contributed by atoms with Gasteiger partial charge in [0.1, 0.15) is 5.69 Å². The van der Waals surface area contributed by atoms with Crippen LogP contribution in [0.1, 0.15) is 11.4 Å². The van der Waals surface area contributed by atoms with Gasteiger partial charge in [-0.2, -0.15) is 13.2 Å². The Morgan fingerprint density at radius 2 is 1.86 bits per heavy atom. The van der Waals surface area contributed by atoms with Crippen LogP contribution in [0.15, 0.2) is 47.4 Å². The Bertz CT molecular complexity index is 1290. The molecule has 10 heteroatoms. The summed E-state index contributed by atoms with van der Waals surface area (Å²) in [4.78, 5) is 20.5. The number of nitrogens with one attached hydrogen (secondary N) is 1. The number of hydrogen-bond acceptors (Lipinski definition) is 3. The van der Waals surface area contributed by atoms with Gasteiger partial charge < -0.3 is 0 Å². The Balaban J connectivity index is 1.92. The maximum atomic E-state index is 12.7. The first-order valence-electron chi connectivity index (χ1n) is 8.26. The van der Waals surface area contributed by atoms with Crippen molar-refractivity contribution in [1.82, 2.24) is 19.6 Å². The third-order valence-corrected chi connectivity index (χ3v) is 4.89. The molecule has 4 aromatic rings. The smallest absolute Gasteiger partial charge is 0.293 e. The Hall–Kier alpha value is -2.84. The summed E-state index contributed by atoms with van der Waals surface area (Å²) < 4.78 is 39.5. The average molecular weight is 439 g/mol. The van der Waals surface area contributed by atoms with Crippen LogP contribution in [-0.2, 0) is 6.18 Å². The molecule has 0 bridgehead atoms. The number of fused-ring (bicyclic) bond motifs is 1. The number of aromatic amines is 1. The van der Waals surface area contributed by atoms with Gasteiger partial charge in [0, 0.05) is 39.7 Å². The first kappa shape index (κ1) is 19.5. The van der Waals surface area contributed by atoms with Gasteiger partial charge in [-0.25, -0.2) is 9.50 Å². The minimum atomic E-state index is -4.55. The highest BCUT2D eigenvalue weighted by atomic mass is 35.5. The van der Waals surface area contributed by atoms with Crippen LogP contribution in [0.4, 0.5) is 13.2 Å². The van der Waals surface area contributed by atoms with Crippen LogP contribution >= 0.6 is 23.2 Å². The van der Waals surface area contributed by atoms with Gasteiger partial charge >= 0.3 is 6.18 Å². The van der Waals surface area contributed by atoms with Crippen LogP contribution in [0.25, 0.3) is 28.0 Å². The van der Waals surface area contributed by atoms with Crippen molar-refractivity contribution < 1.29 is 13.2 Å². The molecule has 1 aromatic carbocycles. The first-order valence-corrected chi connectivity index (χ1v) is 9.02. The van der Waals surface area contributed by atoms with Crippen molar-refractivity contribution in [2.24, 2.45) is 0 Å². The molecule has 0 radical (unpaired) electrons. The average Bonchev–Trinajstić information content (AvgIpc) is 2.98. The second-order valence-electron chi connectivity index (χ2n) is 6.30. The molecule has 3 heterocycles. The van der Waals surface area contributed by atoms with E-state index in [9.17, 15) is 18.0 Å². The van der Waals surface area contributed by atoms with E-state index in [0.29, 0.717) is 26.9 Å². The molecule has 1 N–H and O–H groups in total. The topological polar surface area (TPSA) is 63.0 Å². The minimum Gasteiger partial charge on any atom is -0.293 e. The maximum absolute atomic E-state index is 12.7. The van der Waals surface area contributed by atoms with Gasteiger partial charge in [-0.05, 0) is 31.2 Å². The van der Waals surface area contributed by atoms with Gasteiger partial charge in [0.05, 0.1) is 10.7 Å². The van der Waals surface area contributed by atoms with Crippen LogP contribution in [0.2, 0.25) is 10.0 Å². The van der Waals surface area contributed by atoms with E-state index >= 15 is 0 Å².